The van der Waals surface area contributed by atoms with E-state index >= 15 is 0 Å². The molecule has 0 spiro atoms. The molecule has 0 aliphatic rings. The average molecular weight is 161 g/mol. The maximum atomic E-state index is 5.70. The molecule has 2 heterocycles. The third-order valence-electron chi connectivity index (χ3n) is 1.85. The van der Waals surface area contributed by atoms with Crippen LogP contribution in [-0.2, 0) is 0 Å². The third-order valence-corrected chi connectivity index (χ3v) is 1.85. The van der Waals surface area contributed by atoms with Gasteiger partial charge in [-0.25, -0.2) is 4.98 Å². The molecule has 62 valence electrons. The topological polar surface area (TPSA) is 43.3 Å². The number of nitrogens with two attached hydrogens (primary N) is 1. The molecule has 3 nitrogen and oxygen atoms in total. The number of fused-ring (bicyclic) bond motifs is 1. The highest BCUT2D eigenvalue weighted by molar-refractivity contribution is 5.39. The van der Waals surface area contributed by atoms with E-state index in [0.717, 1.165) is 11.3 Å². The first kappa shape index (κ1) is 7.31. The van der Waals surface area contributed by atoms with Crippen LogP contribution in [0.15, 0.2) is 30.6 Å². The number of rotatable bonds is 1. The highest BCUT2D eigenvalue weighted by Gasteiger charge is 2.03. The van der Waals surface area contributed by atoms with Gasteiger partial charge >= 0.3 is 0 Å². The van der Waals surface area contributed by atoms with Crippen molar-refractivity contribution in [3.05, 3.63) is 36.3 Å². The Kier molecular flexibility index (Phi) is 1.59. The summed E-state index contributed by atoms with van der Waals surface area (Å²) in [5, 5.41) is 0. The van der Waals surface area contributed by atoms with Gasteiger partial charge in [0.25, 0.3) is 0 Å². The molecule has 0 amide bonds. The van der Waals surface area contributed by atoms with Crippen molar-refractivity contribution in [1.82, 2.24) is 9.38 Å². The molecule has 2 aromatic rings. The predicted molar refractivity (Wildman–Crippen MR) is 47.8 cm³/mol. The van der Waals surface area contributed by atoms with Crippen LogP contribution < -0.4 is 5.73 Å². The van der Waals surface area contributed by atoms with Crippen molar-refractivity contribution < 1.29 is 0 Å². The Balaban J connectivity index is 2.62. The molecule has 0 aromatic carbocycles. The summed E-state index contributed by atoms with van der Waals surface area (Å²) < 4.78 is 1.97. The molecule has 2 rings (SSSR count). The van der Waals surface area contributed by atoms with Crippen LogP contribution in [0.25, 0.3) is 5.65 Å². The monoisotopic (exact) mass is 161 g/mol. The maximum absolute atomic E-state index is 5.70. The molecule has 0 bridgehead atoms. The van der Waals surface area contributed by atoms with Gasteiger partial charge < -0.3 is 10.1 Å². The van der Waals surface area contributed by atoms with Crippen molar-refractivity contribution in [1.29, 1.82) is 0 Å². The Morgan fingerprint density at radius 1 is 1.50 bits per heavy atom. The zero-order valence-corrected chi connectivity index (χ0v) is 6.94. The Bertz CT molecular complexity index is 356. The molecule has 0 radical (unpaired) electrons. The summed E-state index contributed by atoms with van der Waals surface area (Å²) in [6.45, 7) is 1.93. The van der Waals surface area contributed by atoms with E-state index in [-0.39, 0.29) is 6.04 Å². The molecule has 1 atom stereocenters. The highest BCUT2D eigenvalue weighted by Crippen LogP contribution is 2.09. The van der Waals surface area contributed by atoms with Gasteiger partial charge in [0.1, 0.15) is 5.65 Å². The van der Waals surface area contributed by atoms with Gasteiger partial charge in [-0.05, 0) is 19.1 Å². The molecular weight excluding hydrogens is 150 g/mol. The molecule has 0 aliphatic heterocycles. The van der Waals surface area contributed by atoms with E-state index in [2.05, 4.69) is 4.98 Å². The molecule has 2 N–H and O–H groups in total. The number of hydrogen-bond donors (Lipinski definition) is 1. The van der Waals surface area contributed by atoms with Crippen molar-refractivity contribution in [2.24, 2.45) is 5.73 Å². The van der Waals surface area contributed by atoms with E-state index in [1.54, 1.807) is 0 Å². The molecule has 0 aliphatic carbocycles. The Morgan fingerprint density at radius 3 is 3.00 bits per heavy atom. The van der Waals surface area contributed by atoms with E-state index in [9.17, 15) is 0 Å². The maximum Gasteiger partial charge on any atom is 0.137 e. The molecule has 0 saturated heterocycles. The van der Waals surface area contributed by atoms with Crippen LogP contribution in [0.2, 0.25) is 0 Å². The minimum Gasteiger partial charge on any atom is -0.323 e. The fourth-order valence-corrected chi connectivity index (χ4v) is 1.17. The number of pyridine rings is 1. The summed E-state index contributed by atoms with van der Waals surface area (Å²) >= 11 is 0. The average Bonchev–Trinajstić information content (AvgIpc) is 2.46. The van der Waals surface area contributed by atoms with Crippen molar-refractivity contribution in [2.75, 3.05) is 0 Å². The molecule has 3 heteroatoms. The minimum atomic E-state index is 0.00454. The van der Waals surface area contributed by atoms with E-state index < -0.39 is 0 Å². The fraction of sp³-hybridized carbons (Fsp3) is 0.222. The minimum absolute atomic E-state index is 0.00454. The Morgan fingerprint density at radius 2 is 2.33 bits per heavy atom. The standard InChI is InChI=1S/C9H11N3/c1-7(10)8-6-12-5-3-2-4-9(12)11-8/h2-7H,10H2,1H3/t7-/m1/s1. The molecule has 0 fully saturated rings. The lowest BCUT2D eigenvalue weighted by atomic mass is 10.3. The molecule has 0 saturated carbocycles. The fourth-order valence-electron chi connectivity index (χ4n) is 1.17. The predicted octanol–water partition coefficient (Wildman–Crippen LogP) is 1.35. The van der Waals surface area contributed by atoms with Crippen LogP contribution in [0.3, 0.4) is 0 Å². The second-order valence-electron chi connectivity index (χ2n) is 2.92. The second kappa shape index (κ2) is 2.60. The van der Waals surface area contributed by atoms with E-state index in [1.165, 1.54) is 0 Å². The van der Waals surface area contributed by atoms with Crippen molar-refractivity contribution >= 4 is 5.65 Å². The van der Waals surface area contributed by atoms with Gasteiger partial charge in [-0.3, -0.25) is 0 Å². The molecule has 0 unspecified atom stereocenters. The van der Waals surface area contributed by atoms with Gasteiger partial charge in [-0.1, -0.05) is 6.07 Å². The Labute approximate surface area is 70.8 Å². The van der Waals surface area contributed by atoms with Crippen molar-refractivity contribution in [2.45, 2.75) is 13.0 Å². The van der Waals surface area contributed by atoms with Crippen LogP contribution in [0.1, 0.15) is 18.7 Å². The highest BCUT2D eigenvalue weighted by atomic mass is 15.0. The Hall–Kier alpha value is -1.35. The smallest absolute Gasteiger partial charge is 0.137 e. The van der Waals surface area contributed by atoms with Crippen molar-refractivity contribution in [3.8, 4) is 0 Å². The summed E-state index contributed by atoms with van der Waals surface area (Å²) in [6, 6.07) is 5.91. The van der Waals surface area contributed by atoms with Gasteiger partial charge in [0.05, 0.1) is 5.69 Å². The largest absolute Gasteiger partial charge is 0.323 e. The first-order valence-corrected chi connectivity index (χ1v) is 3.96. The van der Waals surface area contributed by atoms with Crippen LogP contribution >= 0.6 is 0 Å². The quantitative estimate of drug-likeness (QED) is 0.686. The molecule has 12 heavy (non-hydrogen) atoms. The first-order valence-electron chi connectivity index (χ1n) is 3.96. The van der Waals surface area contributed by atoms with Crippen LogP contribution in [-0.4, -0.2) is 9.38 Å². The summed E-state index contributed by atoms with van der Waals surface area (Å²) in [6.07, 6.45) is 3.92. The zero-order chi connectivity index (χ0) is 8.55. The summed E-state index contributed by atoms with van der Waals surface area (Å²) in [5.41, 5.74) is 7.58. The van der Waals surface area contributed by atoms with Crippen LogP contribution in [0, 0.1) is 0 Å². The van der Waals surface area contributed by atoms with Gasteiger partial charge in [-0.2, -0.15) is 0 Å². The lowest BCUT2D eigenvalue weighted by Gasteiger charge is -1.95. The van der Waals surface area contributed by atoms with Gasteiger partial charge in [0, 0.05) is 18.4 Å². The van der Waals surface area contributed by atoms with Crippen molar-refractivity contribution in [3.63, 3.8) is 0 Å². The summed E-state index contributed by atoms with van der Waals surface area (Å²) in [7, 11) is 0. The van der Waals surface area contributed by atoms with E-state index in [0.29, 0.717) is 0 Å². The van der Waals surface area contributed by atoms with E-state index in [4.69, 9.17) is 5.73 Å². The molecular formula is C9H11N3. The SMILES string of the molecule is C[C@@H](N)c1cn2ccccc2n1. The summed E-state index contributed by atoms with van der Waals surface area (Å²) in [4.78, 5) is 4.35. The third kappa shape index (κ3) is 1.08. The molecule has 2 aromatic heterocycles. The van der Waals surface area contributed by atoms with Crippen LogP contribution in [0.4, 0.5) is 0 Å². The first-order chi connectivity index (χ1) is 5.77. The van der Waals surface area contributed by atoms with E-state index in [1.807, 2.05) is 41.9 Å². The number of hydrogen-bond acceptors (Lipinski definition) is 2. The van der Waals surface area contributed by atoms with Gasteiger partial charge in [0.2, 0.25) is 0 Å². The number of aromatic nitrogens is 2. The lowest BCUT2D eigenvalue weighted by molar-refractivity contribution is 0.790. The zero-order valence-electron chi connectivity index (χ0n) is 6.94. The summed E-state index contributed by atoms with van der Waals surface area (Å²) in [5.74, 6) is 0. The second-order valence-corrected chi connectivity index (χ2v) is 2.92. The van der Waals surface area contributed by atoms with Gasteiger partial charge in [-0.15, -0.1) is 0 Å². The lowest BCUT2D eigenvalue weighted by Crippen LogP contribution is -2.04. The number of imidazole rings is 1. The van der Waals surface area contributed by atoms with Gasteiger partial charge in [0.15, 0.2) is 0 Å². The number of nitrogens with zero attached hydrogens (tertiary/aromatic N) is 2. The normalized spacial score (nSPS) is 13.5. The van der Waals surface area contributed by atoms with Crippen LogP contribution in [0.5, 0.6) is 0 Å².